The van der Waals surface area contributed by atoms with Crippen LogP contribution in [-0.2, 0) is 6.42 Å². The lowest BCUT2D eigenvalue weighted by atomic mass is 9.32. The Hall–Kier alpha value is -6.97. The maximum absolute atomic E-state index is 9.82. The average Bonchev–Trinajstić information content (AvgIpc) is 3.71. The second-order valence-electron chi connectivity index (χ2n) is 14.0. The van der Waals surface area contributed by atoms with Gasteiger partial charge in [0.2, 0.25) is 0 Å². The van der Waals surface area contributed by atoms with Gasteiger partial charge in [0.1, 0.15) is 23.0 Å². The molecule has 5 heterocycles. The zero-order valence-corrected chi connectivity index (χ0v) is 28.9. The Morgan fingerprint density at radius 2 is 1.26 bits per heavy atom. The third-order valence-electron chi connectivity index (χ3n) is 11.0. The fraction of sp³-hybridized carbons (Fsp3) is 0.0426. The van der Waals surface area contributed by atoms with Gasteiger partial charge in [0, 0.05) is 38.8 Å². The lowest BCUT2D eigenvalue weighted by molar-refractivity contribution is 0.463. The molecule has 3 aliphatic heterocycles. The molecule has 0 bridgehead atoms. The highest BCUT2D eigenvalue weighted by atomic mass is 16.5. The molecule has 0 saturated carbocycles. The number of aromatic nitrogens is 2. The van der Waals surface area contributed by atoms with Crippen molar-refractivity contribution < 1.29 is 9.47 Å². The summed E-state index contributed by atoms with van der Waals surface area (Å²) >= 11 is 0. The van der Waals surface area contributed by atoms with Gasteiger partial charge in [0.15, 0.2) is 0 Å². The molecule has 0 saturated heterocycles. The lowest BCUT2D eigenvalue weighted by Crippen LogP contribution is -2.61. The van der Waals surface area contributed by atoms with Crippen LogP contribution in [0, 0.1) is 11.3 Å². The minimum Gasteiger partial charge on any atom is -0.458 e. The Morgan fingerprint density at radius 3 is 2.06 bits per heavy atom. The summed E-state index contributed by atoms with van der Waals surface area (Å²) in [7, 11) is 0. The molecule has 12 rings (SSSR count). The molecule has 248 valence electrons. The van der Waals surface area contributed by atoms with Crippen LogP contribution in [0.15, 0.2) is 146 Å². The van der Waals surface area contributed by atoms with E-state index >= 15 is 0 Å². The summed E-state index contributed by atoms with van der Waals surface area (Å²) in [6, 6.07) is 49.3. The number of hydrogen-bond acceptors (Lipinski definition) is 3. The van der Waals surface area contributed by atoms with E-state index in [-0.39, 0.29) is 6.71 Å². The highest BCUT2D eigenvalue weighted by molar-refractivity contribution is 6.99. The van der Waals surface area contributed by atoms with Crippen LogP contribution in [0.4, 0.5) is 0 Å². The zero-order valence-electron chi connectivity index (χ0n) is 28.9. The Balaban J connectivity index is 0.00000107. The normalized spacial score (nSPS) is 12.9. The number of nitriles is 1. The minimum atomic E-state index is 0.0837. The van der Waals surface area contributed by atoms with Gasteiger partial charge in [-0.25, -0.2) is 0 Å². The van der Waals surface area contributed by atoms with E-state index < -0.39 is 0 Å². The first kappa shape index (κ1) is 29.7. The van der Waals surface area contributed by atoms with Crippen LogP contribution < -0.4 is 25.9 Å². The number of hydrogen-bond donors (Lipinski definition) is 0. The number of allylic oxidation sites excluding steroid dienone is 1. The second kappa shape index (κ2) is 11.0. The van der Waals surface area contributed by atoms with E-state index in [2.05, 4.69) is 131 Å². The van der Waals surface area contributed by atoms with Crippen molar-refractivity contribution in [2.75, 3.05) is 0 Å². The third kappa shape index (κ3) is 4.02. The first-order valence-electron chi connectivity index (χ1n) is 18.0. The number of fused-ring (bicyclic) bond motifs is 7. The topological polar surface area (TPSA) is 52.1 Å². The van der Waals surface area contributed by atoms with Crippen molar-refractivity contribution >= 4 is 66.7 Å². The van der Waals surface area contributed by atoms with E-state index in [0.29, 0.717) is 5.56 Å². The molecule has 0 aliphatic carbocycles. The van der Waals surface area contributed by atoms with Crippen molar-refractivity contribution in [1.29, 1.82) is 5.26 Å². The number of nitrogens with zero attached hydrogens (tertiary/aromatic N) is 3. The molecule has 5 nitrogen and oxygen atoms in total. The summed E-state index contributed by atoms with van der Waals surface area (Å²) in [5, 5.41) is 14.5. The molecular weight excluding hydrogens is 649 g/mol. The molecule has 3 aliphatic rings. The minimum absolute atomic E-state index is 0.0837. The predicted octanol–water partition coefficient (Wildman–Crippen LogP) is 9.58. The molecule has 7 aromatic carbocycles. The van der Waals surface area contributed by atoms with Gasteiger partial charge in [0.05, 0.1) is 39.4 Å². The van der Waals surface area contributed by atoms with E-state index in [4.69, 9.17) is 9.47 Å². The lowest BCUT2D eigenvalue weighted by Gasteiger charge is -2.38. The summed E-state index contributed by atoms with van der Waals surface area (Å²) in [6.45, 7) is 5.33. The zero-order chi connectivity index (χ0) is 35.4. The molecule has 53 heavy (non-hydrogen) atoms. The molecule has 0 N–H and O–H groups in total. The number of benzene rings is 7. The fourth-order valence-corrected chi connectivity index (χ4v) is 9.15. The maximum atomic E-state index is 9.82. The highest BCUT2D eigenvalue weighted by Gasteiger charge is 2.45. The van der Waals surface area contributed by atoms with E-state index in [0.717, 1.165) is 68.3 Å². The predicted molar refractivity (Wildman–Crippen MR) is 216 cm³/mol. The second-order valence-corrected chi connectivity index (χ2v) is 14.0. The smallest absolute Gasteiger partial charge is 0.261 e. The summed E-state index contributed by atoms with van der Waals surface area (Å²) in [4.78, 5) is 0. The van der Waals surface area contributed by atoms with Gasteiger partial charge in [-0.15, -0.1) is 6.58 Å². The monoisotopic (exact) mass is 679 g/mol. The first-order valence-corrected chi connectivity index (χ1v) is 18.0. The van der Waals surface area contributed by atoms with Gasteiger partial charge in [-0.05, 0) is 96.1 Å². The molecule has 0 unspecified atom stereocenters. The molecule has 0 spiro atoms. The molecule has 2 aromatic heterocycles. The van der Waals surface area contributed by atoms with Gasteiger partial charge < -0.3 is 18.6 Å². The van der Waals surface area contributed by atoms with Crippen LogP contribution in [0.3, 0.4) is 0 Å². The molecule has 6 heteroatoms. The van der Waals surface area contributed by atoms with Crippen molar-refractivity contribution in [2.24, 2.45) is 0 Å². The number of para-hydroxylation sites is 2. The van der Waals surface area contributed by atoms with Crippen molar-refractivity contribution in [3.8, 4) is 40.4 Å². The fourth-order valence-electron chi connectivity index (χ4n) is 9.15. The summed E-state index contributed by atoms with van der Waals surface area (Å²) < 4.78 is 18.0. The SMILES string of the molecule is C=CC.N#Cc1cccc(-n2c3ccccc3c3ccc4c(c5ccccc5n4-c4cc5c6c(c4)Oc4cccc7c4B6c4c(cccc4O7)C5)c32)c1. The molecule has 0 amide bonds. The molecule has 0 radical (unpaired) electrons. The van der Waals surface area contributed by atoms with Gasteiger partial charge in [-0.2, -0.15) is 5.26 Å². The van der Waals surface area contributed by atoms with E-state index in [1.54, 1.807) is 6.08 Å². The average molecular weight is 680 g/mol. The largest absolute Gasteiger partial charge is 0.458 e. The Labute approximate surface area is 306 Å². The molecule has 0 atom stereocenters. The van der Waals surface area contributed by atoms with Crippen LogP contribution >= 0.6 is 0 Å². The Morgan fingerprint density at radius 1 is 0.604 bits per heavy atom. The van der Waals surface area contributed by atoms with Crippen LogP contribution in [0.5, 0.6) is 23.0 Å². The van der Waals surface area contributed by atoms with E-state index in [1.165, 1.54) is 43.6 Å². The summed E-state index contributed by atoms with van der Waals surface area (Å²) in [5.41, 5.74) is 13.4. The molecule has 0 fully saturated rings. The van der Waals surface area contributed by atoms with Crippen LogP contribution in [0.2, 0.25) is 0 Å². The van der Waals surface area contributed by atoms with Gasteiger partial charge >= 0.3 is 0 Å². The van der Waals surface area contributed by atoms with Crippen LogP contribution in [0.1, 0.15) is 23.6 Å². The van der Waals surface area contributed by atoms with Crippen LogP contribution in [0.25, 0.3) is 55.0 Å². The standard InChI is InChI=1S/C44H24BN3O2.C3H6/c46-24-25-8-5-10-28(20-25)48-33-13-3-1-11-30(33)31-18-19-35-40(44(31)48)32-12-2-4-14-34(32)47(35)29-22-27-21-26-9-6-15-36-41(26)45-42(27)39(23-29)50-38-17-7-16-37(49-36)43(38)45;1-3-2/h1-20,22-23H,21H2;3H,1H2,2H3. The third-order valence-corrected chi connectivity index (χ3v) is 11.0. The van der Waals surface area contributed by atoms with Crippen LogP contribution in [-0.4, -0.2) is 15.8 Å². The van der Waals surface area contributed by atoms with Gasteiger partial charge in [-0.3, -0.25) is 0 Å². The van der Waals surface area contributed by atoms with E-state index in [9.17, 15) is 5.26 Å². The highest BCUT2D eigenvalue weighted by Crippen LogP contribution is 2.44. The van der Waals surface area contributed by atoms with Crippen molar-refractivity contribution in [2.45, 2.75) is 13.3 Å². The van der Waals surface area contributed by atoms with Gasteiger partial charge in [-0.1, -0.05) is 72.8 Å². The maximum Gasteiger partial charge on any atom is 0.261 e. The van der Waals surface area contributed by atoms with Gasteiger partial charge in [0.25, 0.3) is 6.71 Å². The summed E-state index contributed by atoms with van der Waals surface area (Å²) in [5.74, 6) is 3.59. The van der Waals surface area contributed by atoms with Crippen molar-refractivity contribution in [3.05, 3.63) is 163 Å². The Kier molecular flexibility index (Phi) is 6.18. The summed E-state index contributed by atoms with van der Waals surface area (Å²) in [6.07, 6.45) is 2.56. The molecule has 9 aromatic rings. The van der Waals surface area contributed by atoms with E-state index in [1.807, 2.05) is 31.2 Å². The first-order chi connectivity index (χ1) is 26.2. The van der Waals surface area contributed by atoms with Crippen molar-refractivity contribution in [1.82, 2.24) is 9.13 Å². The number of rotatable bonds is 2. The Bertz CT molecular complexity index is 3030. The molecular formula is C47H30BN3O2. The number of ether oxygens (including phenoxy) is 2. The quantitative estimate of drug-likeness (QED) is 0.135. The van der Waals surface area contributed by atoms with Crippen molar-refractivity contribution in [3.63, 3.8) is 0 Å².